The van der Waals surface area contributed by atoms with Crippen LogP contribution in [0.2, 0.25) is 0 Å². The van der Waals surface area contributed by atoms with E-state index in [9.17, 15) is 4.79 Å². The van der Waals surface area contributed by atoms with Crippen LogP contribution < -0.4 is 14.2 Å². The Morgan fingerprint density at radius 2 is 2.19 bits per heavy atom. The van der Waals surface area contributed by atoms with E-state index in [2.05, 4.69) is 4.98 Å². The summed E-state index contributed by atoms with van der Waals surface area (Å²) in [5, 5.41) is 0. The lowest BCUT2D eigenvalue weighted by atomic mass is 10.1. The van der Waals surface area contributed by atoms with Gasteiger partial charge in [-0.3, -0.25) is 9.78 Å². The van der Waals surface area contributed by atoms with E-state index in [0.717, 1.165) is 24.9 Å². The summed E-state index contributed by atoms with van der Waals surface area (Å²) in [5.74, 6) is 1.89. The van der Waals surface area contributed by atoms with Gasteiger partial charge in [0.25, 0.3) is 5.91 Å². The lowest BCUT2D eigenvalue weighted by Gasteiger charge is -2.32. The van der Waals surface area contributed by atoms with Crippen LogP contribution in [-0.2, 0) is 16.1 Å². The number of rotatable bonds is 6. The SMILES string of the molecule is O=C(COc1ccc2c(c1)OCO2)N1CCCC(OCc2cccnc2)C1. The molecule has 0 N–H and O–H groups in total. The molecule has 3 heterocycles. The van der Waals surface area contributed by atoms with Gasteiger partial charge < -0.3 is 23.8 Å². The number of benzene rings is 1. The van der Waals surface area contributed by atoms with E-state index < -0.39 is 0 Å². The summed E-state index contributed by atoms with van der Waals surface area (Å²) in [4.78, 5) is 18.4. The number of piperidine rings is 1. The number of carbonyl (C=O) groups excluding carboxylic acids is 1. The maximum Gasteiger partial charge on any atom is 0.260 e. The van der Waals surface area contributed by atoms with Crippen LogP contribution in [0.3, 0.4) is 0 Å². The number of ether oxygens (including phenoxy) is 4. The first kappa shape index (κ1) is 17.6. The highest BCUT2D eigenvalue weighted by Gasteiger charge is 2.24. The molecule has 1 saturated heterocycles. The number of nitrogens with zero attached hydrogens (tertiary/aromatic N) is 2. The van der Waals surface area contributed by atoms with Gasteiger partial charge in [0.1, 0.15) is 5.75 Å². The Labute approximate surface area is 157 Å². The number of aromatic nitrogens is 1. The van der Waals surface area contributed by atoms with Crippen LogP contribution in [0.25, 0.3) is 0 Å². The van der Waals surface area contributed by atoms with Crippen molar-refractivity contribution in [2.75, 3.05) is 26.5 Å². The second-order valence-corrected chi connectivity index (χ2v) is 6.58. The van der Waals surface area contributed by atoms with Gasteiger partial charge in [-0.1, -0.05) is 6.07 Å². The van der Waals surface area contributed by atoms with Crippen molar-refractivity contribution >= 4 is 5.91 Å². The zero-order valence-corrected chi connectivity index (χ0v) is 15.0. The van der Waals surface area contributed by atoms with Gasteiger partial charge in [-0.25, -0.2) is 0 Å². The number of hydrogen-bond donors (Lipinski definition) is 0. The fraction of sp³-hybridized carbons (Fsp3) is 0.400. The van der Waals surface area contributed by atoms with Crippen molar-refractivity contribution < 1.29 is 23.7 Å². The highest BCUT2D eigenvalue weighted by molar-refractivity contribution is 5.78. The third kappa shape index (κ3) is 4.49. The Morgan fingerprint density at radius 3 is 3.07 bits per heavy atom. The van der Waals surface area contributed by atoms with Crippen molar-refractivity contribution in [1.82, 2.24) is 9.88 Å². The van der Waals surface area contributed by atoms with Crippen LogP contribution in [0.5, 0.6) is 17.2 Å². The van der Waals surface area contributed by atoms with Crippen LogP contribution >= 0.6 is 0 Å². The van der Waals surface area contributed by atoms with Gasteiger partial charge in [-0.15, -0.1) is 0 Å². The van der Waals surface area contributed by atoms with E-state index in [0.29, 0.717) is 30.4 Å². The fourth-order valence-electron chi connectivity index (χ4n) is 3.20. The molecule has 0 aliphatic carbocycles. The summed E-state index contributed by atoms with van der Waals surface area (Å²) in [5.41, 5.74) is 1.03. The van der Waals surface area contributed by atoms with Gasteiger partial charge in [0, 0.05) is 31.5 Å². The van der Waals surface area contributed by atoms with Gasteiger partial charge in [0.2, 0.25) is 6.79 Å². The molecule has 1 fully saturated rings. The lowest BCUT2D eigenvalue weighted by molar-refractivity contribution is -0.137. The highest BCUT2D eigenvalue weighted by atomic mass is 16.7. The van der Waals surface area contributed by atoms with Crippen molar-refractivity contribution in [2.45, 2.75) is 25.6 Å². The van der Waals surface area contributed by atoms with Crippen LogP contribution in [0.15, 0.2) is 42.7 Å². The minimum Gasteiger partial charge on any atom is -0.484 e. The number of hydrogen-bond acceptors (Lipinski definition) is 6. The molecule has 0 spiro atoms. The van der Waals surface area contributed by atoms with Gasteiger partial charge in [0.15, 0.2) is 18.1 Å². The Balaban J connectivity index is 1.25. The van der Waals surface area contributed by atoms with E-state index in [4.69, 9.17) is 18.9 Å². The molecule has 0 bridgehead atoms. The molecule has 0 radical (unpaired) electrons. The summed E-state index contributed by atoms with van der Waals surface area (Å²) < 4.78 is 22.2. The largest absolute Gasteiger partial charge is 0.484 e. The molecular weight excluding hydrogens is 348 g/mol. The Morgan fingerprint density at radius 1 is 1.26 bits per heavy atom. The molecule has 2 aliphatic rings. The third-order valence-corrected chi connectivity index (χ3v) is 4.65. The standard InChI is InChI=1S/C20H22N2O5/c23-20(13-25-16-5-6-18-19(9-16)27-14-26-18)22-8-2-4-17(11-22)24-12-15-3-1-7-21-10-15/h1,3,5-7,9-10,17H,2,4,8,11-14H2. The molecule has 7 heteroatoms. The molecule has 1 unspecified atom stereocenters. The number of pyridine rings is 1. The summed E-state index contributed by atoms with van der Waals surface area (Å²) in [6, 6.07) is 9.18. The molecule has 2 aromatic rings. The molecule has 1 aromatic heterocycles. The minimum atomic E-state index is -0.0395. The summed E-state index contributed by atoms with van der Waals surface area (Å²) in [6.07, 6.45) is 5.45. The molecule has 27 heavy (non-hydrogen) atoms. The van der Waals surface area contributed by atoms with Gasteiger partial charge >= 0.3 is 0 Å². The van der Waals surface area contributed by atoms with Crippen molar-refractivity contribution in [3.05, 3.63) is 48.3 Å². The number of carbonyl (C=O) groups is 1. The average molecular weight is 370 g/mol. The molecule has 4 rings (SSSR count). The monoisotopic (exact) mass is 370 g/mol. The van der Waals surface area contributed by atoms with E-state index in [1.54, 1.807) is 30.6 Å². The smallest absolute Gasteiger partial charge is 0.260 e. The first-order valence-corrected chi connectivity index (χ1v) is 9.09. The molecule has 1 amide bonds. The second kappa shape index (κ2) is 8.26. The average Bonchev–Trinajstić information content (AvgIpc) is 3.19. The second-order valence-electron chi connectivity index (χ2n) is 6.58. The lowest BCUT2D eigenvalue weighted by Crippen LogP contribution is -2.45. The van der Waals surface area contributed by atoms with E-state index in [1.807, 2.05) is 17.0 Å². The molecule has 0 saturated carbocycles. The summed E-state index contributed by atoms with van der Waals surface area (Å²) in [6.45, 7) is 2.04. The number of amides is 1. The predicted molar refractivity (Wildman–Crippen MR) is 96.7 cm³/mol. The van der Waals surface area contributed by atoms with E-state index >= 15 is 0 Å². The van der Waals surface area contributed by atoms with E-state index in [-0.39, 0.29) is 25.4 Å². The fourth-order valence-corrected chi connectivity index (χ4v) is 3.20. The molecule has 142 valence electrons. The maximum atomic E-state index is 12.5. The van der Waals surface area contributed by atoms with Gasteiger partial charge in [-0.05, 0) is 36.6 Å². The first-order valence-electron chi connectivity index (χ1n) is 9.09. The summed E-state index contributed by atoms with van der Waals surface area (Å²) in [7, 11) is 0. The number of likely N-dealkylation sites (tertiary alicyclic amines) is 1. The Hall–Kier alpha value is -2.80. The van der Waals surface area contributed by atoms with Crippen LogP contribution in [0, 0.1) is 0 Å². The first-order chi connectivity index (χ1) is 13.3. The normalized spacial score (nSPS) is 18.4. The minimum absolute atomic E-state index is 0.00499. The zero-order chi connectivity index (χ0) is 18.5. The summed E-state index contributed by atoms with van der Waals surface area (Å²) >= 11 is 0. The van der Waals surface area contributed by atoms with Gasteiger partial charge in [0.05, 0.1) is 12.7 Å². The maximum absolute atomic E-state index is 12.5. The highest BCUT2D eigenvalue weighted by Crippen LogP contribution is 2.35. The Kier molecular flexibility index (Phi) is 5.39. The molecule has 1 aromatic carbocycles. The topological polar surface area (TPSA) is 70.1 Å². The molecule has 1 atom stereocenters. The van der Waals surface area contributed by atoms with Gasteiger partial charge in [-0.2, -0.15) is 0 Å². The van der Waals surface area contributed by atoms with Crippen molar-refractivity contribution in [3.8, 4) is 17.2 Å². The van der Waals surface area contributed by atoms with Crippen molar-refractivity contribution in [1.29, 1.82) is 0 Å². The van der Waals surface area contributed by atoms with Crippen molar-refractivity contribution in [2.24, 2.45) is 0 Å². The zero-order valence-electron chi connectivity index (χ0n) is 15.0. The molecular formula is C20H22N2O5. The van der Waals surface area contributed by atoms with Crippen LogP contribution in [0.4, 0.5) is 0 Å². The Bertz CT molecular complexity index is 783. The van der Waals surface area contributed by atoms with Crippen molar-refractivity contribution in [3.63, 3.8) is 0 Å². The quantitative estimate of drug-likeness (QED) is 0.778. The predicted octanol–water partition coefficient (Wildman–Crippen LogP) is 2.40. The van der Waals surface area contributed by atoms with E-state index in [1.165, 1.54) is 0 Å². The molecule has 2 aliphatic heterocycles. The van der Waals surface area contributed by atoms with Crippen LogP contribution in [0.1, 0.15) is 18.4 Å². The number of fused-ring (bicyclic) bond motifs is 1. The molecule has 7 nitrogen and oxygen atoms in total. The van der Waals surface area contributed by atoms with Crippen LogP contribution in [-0.4, -0.2) is 48.4 Å². The third-order valence-electron chi connectivity index (χ3n) is 4.65.